The molecule has 21 nitrogen and oxygen atoms in total. The van der Waals surface area contributed by atoms with Gasteiger partial charge < -0.3 is 104 Å². The quantitative estimate of drug-likeness (QED) is 0.0945. The van der Waals surface area contributed by atoms with Gasteiger partial charge in [-0.25, -0.2) is 0 Å². The first-order valence-corrected chi connectivity index (χ1v) is 16.5. The van der Waals surface area contributed by atoms with Crippen molar-refractivity contribution in [1.29, 1.82) is 0 Å². The van der Waals surface area contributed by atoms with E-state index in [9.17, 15) is 45.6 Å². The minimum absolute atomic E-state index is 0.0138. The van der Waals surface area contributed by atoms with E-state index in [-0.39, 0.29) is 38.9 Å². The Morgan fingerprint density at radius 3 is 2.08 bits per heavy atom. The molecular formula is C28H53N7O14. The van der Waals surface area contributed by atoms with Crippen LogP contribution in [0.5, 0.6) is 0 Å². The lowest BCUT2D eigenvalue weighted by Gasteiger charge is -2.52. The second-order valence-corrected chi connectivity index (χ2v) is 13.8. The van der Waals surface area contributed by atoms with Crippen LogP contribution < -0.4 is 39.7 Å². The van der Waals surface area contributed by atoms with Gasteiger partial charge in [0.1, 0.15) is 48.3 Å². The molecule has 3 heterocycles. The minimum Gasteiger partial charge on any atom is -0.390 e. The summed E-state index contributed by atoms with van der Waals surface area (Å²) in [5.74, 6) is -2.12. The summed E-state index contributed by atoms with van der Waals surface area (Å²) in [6.45, 7) is -0.331. The molecule has 2 unspecified atom stereocenters. The van der Waals surface area contributed by atoms with Crippen molar-refractivity contribution in [3.8, 4) is 0 Å². The Labute approximate surface area is 281 Å². The number of carbonyl (C=O) groups excluding carboxylic acids is 1. The first-order valence-electron chi connectivity index (χ1n) is 16.5. The van der Waals surface area contributed by atoms with Gasteiger partial charge in [0.05, 0.1) is 48.7 Å². The van der Waals surface area contributed by atoms with Gasteiger partial charge in [-0.15, -0.1) is 0 Å². The fourth-order valence-corrected chi connectivity index (χ4v) is 7.50. The molecule has 0 radical (unpaired) electrons. The van der Waals surface area contributed by atoms with Crippen molar-refractivity contribution in [1.82, 2.24) is 5.32 Å². The highest BCUT2D eigenvalue weighted by atomic mass is 16.8. The maximum Gasteiger partial charge on any atom is 0.249 e. The van der Waals surface area contributed by atoms with E-state index in [1.54, 1.807) is 0 Å². The molecule has 5 rings (SSSR count). The molecule has 5 aliphatic rings. The van der Waals surface area contributed by atoms with E-state index in [0.29, 0.717) is 0 Å². The summed E-state index contributed by atoms with van der Waals surface area (Å²) >= 11 is 0. The largest absolute Gasteiger partial charge is 0.390 e. The smallest absolute Gasteiger partial charge is 0.249 e. The van der Waals surface area contributed by atoms with E-state index < -0.39 is 134 Å². The van der Waals surface area contributed by atoms with Gasteiger partial charge in [-0.1, -0.05) is 0 Å². The van der Waals surface area contributed by atoms with E-state index >= 15 is 0 Å². The minimum atomic E-state index is -1.79. The predicted octanol–water partition coefficient (Wildman–Crippen LogP) is -9.61. The van der Waals surface area contributed by atoms with Gasteiger partial charge in [0.15, 0.2) is 12.6 Å². The summed E-state index contributed by atoms with van der Waals surface area (Å²) in [5, 5.41) is 88.9. The fourth-order valence-electron chi connectivity index (χ4n) is 7.50. The van der Waals surface area contributed by atoms with Crippen LogP contribution in [0.3, 0.4) is 0 Å². The van der Waals surface area contributed by atoms with Crippen molar-refractivity contribution in [2.24, 2.45) is 40.3 Å². The zero-order chi connectivity index (χ0) is 36.1. The van der Waals surface area contributed by atoms with Crippen LogP contribution in [0.15, 0.2) is 0 Å². The lowest BCUT2D eigenvalue weighted by molar-refractivity contribution is -0.282. The topological polar surface area (TPSA) is 393 Å². The number of aliphatic hydroxyl groups is 8. The average molecular weight is 712 g/mol. The van der Waals surface area contributed by atoms with Crippen molar-refractivity contribution >= 4 is 5.91 Å². The van der Waals surface area contributed by atoms with E-state index in [4.69, 9.17) is 58.1 Å². The maximum atomic E-state index is 12.8. The zero-order valence-electron chi connectivity index (χ0n) is 26.8. The standard InChI is InChI=1S/C28H53N7O14/c29-2-1-8(36)25(44)35-16-18(40)14(33)13(22-7(32)3-9(37)10(5-30)45-22)23(20(16)42)47-27-21(43)24(28(49-27)4-12(28)38)48-26-15(34)19(41)17(39)11(6-31)46-26/h7-24,26-27,36-43H,1-6,29-34H2,(H,35,44)/t7-,8+,9+,10-,11+,12-,13?,14-,15-,16-,17-,18+,19-,20+,21-,22+,23+,24+,26-,27-,28?/m1/s1. The molecule has 21 atom stereocenters. The second kappa shape index (κ2) is 15.4. The Morgan fingerprint density at radius 2 is 1.49 bits per heavy atom. The number of nitrogens with two attached hydrogens (primary N) is 6. The molecule has 21 heteroatoms. The van der Waals surface area contributed by atoms with Crippen LogP contribution in [-0.4, -0.2) is 188 Å². The molecule has 0 aromatic carbocycles. The van der Waals surface area contributed by atoms with Crippen LogP contribution in [0.1, 0.15) is 19.3 Å². The Kier molecular flexibility index (Phi) is 12.2. The number of aliphatic hydroxyl groups excluding tert-OH is 8. The van der Waals surface area contributed by atoms with Crippen molar-refractivity contribution in [3.05, 3.63) is 0 Å². The Hall–Kier alpha value is -1.29. The van der Waals surface area contributed by atoms with Crippen LogP contribution in [-0.2, 0) is 28.5 Å². The van der Waals surface area contributed by atoms with Gasteiger partial charge in [0.25, 0.3) is 0 Å². The van der Waals surface area contributed by atoms with E-state index in [2.05, 4.69) is 5.32 Å². The number of ether oxygens (including phenoxy) is 5. The molecular weight excluding hydrogens is 658 g/mol. The highest BCUT2D eigenvalue weighted by Crippen LogP contribution is 2.53. The Bertz CT molecular complexity index is 1140. The van der Waals surface area contributed by atoms with Gasteiger partial charge in [0, 0.05) is 37.5 Å². The van der Waals surface area contributed by atoms with Crippen LogP contribution >= 0.6 is 0 Å². The first-order chi connectivity index (χ1) is 23.1. The molecule has 2 saturated carbocycles. The zero-order valence-corrected chi connectivity index (χ0v) is 26.8. The monoisotopic (exact) mass is 711 g/mol. The van der Waals surface area contributed by atoms with E-state index in [0.717, 1.165) is 0 Å². The average Bonchev–Trinajstić information content (AvgIpc) is 3.64. The van der Waals surface area contributed by atoms with Crippen molar-refractivity contribution < 1.29 is 69.3 Å². The van der Waals surface area contributed by atoms with Gasteiger partial charge in [0.2, 0.25) is 5.91 Å². The highest BCUT2D eigenvalue weighted by Gasteiger charge is 2.71. The summed E-state index contributed by atoms with van der Waals surface area (Å²) in [7, 11) is 0. The SMILES string of the molecule is NCC[C@H](O)C(=O)N[C@@H]1[C@@H](O)[C@H](N)C([C@H]2O[C@H](CN)[C@@H](O)C[C@H]2N)[C@H](O[C@@H]2OC3(C[C@H]3O)[C@@H](O[C@H]3O[C@@H](CN)[C@@H](O)[C@H](O)[C@H]3N)[C@H]2O)[C@H]1O. The molecule has 21 N–H and O–H groups in total. The third-order valence-electron chi connectivity index (χ3n) is 10.5. The molecule has 0 bridgehead atoms. The summed E-state index contributed by atoms with van der Waals surface area (Å²) < 4.78 is 29.9. The first kappa shape index (κ1) is 38.9. The van der Waals surface area contributed by atoms with Crippen molar-refractivity contribution in [3.63, 3.8) is 0 Å². The van der Waals surface area contributed by atoms with Crippen LogP contribution in [0.2, 0.25) is 0 Å². The van der Waals surface area contributed by atoms with Crippen molar-refractivity contribution in [2.45, 2.75) is 141 Å². The maximum absolute atomic E-state index is 12.8. The third kappa shape index (κ3) is 7.22. The van der Waals surface area contributed by atoms with Gasteiger partial charge in [-0.3, -0.25) is 4.79 Å². The Morgan fingerprint density at radius 1 is 0.837 bits per heavy atom. The summed E-state index contributed by atoms with van der Waals surface area (Å²) in [6, 6.07) is -5.04. The molecule has 1 spiro atoms. The Balaban J connectivity index is 1.43. The van der Waals surface area contributed by atoms with E-state index in [1.165, 1.54) is 0 Å². The third-order valence-corrected chi connectivity index (χ3v) is 10.5. The molecule has 0 aromatic rings. The molecule has 1 amide bonds. The molecule has 2 aliphatic carbocycles. The molecule has 3 aliphatic heterocycles. The number of hydrogen-bond acceptors (Lipinski definition) is 20. The predicted molar refractivity (Wildman–Crippen MR) is 163 cm³/mol. The number of nitrogens with one attached hydrogen (secondary N) is 1. The van der Waals surface area contributed by atoms with Gasteiger partial charge >= 0.3 is 0 Å². The number of hydrogen-bond donors (Lipinski definition) is 15. The van der Waals surface area contributed by atoms with Gasteiger partial charge in [-0.2, -0.15) is 0 Å². The molecule has 284 valence electrons. The molecule has 0 aromatic heterocycles. The van der Waals surface area contributed by atoms with Crippen LogP contribution in [0.4, 0.5) is 0 Å². The van der Waals surface area contributed by atoms with Crippen LogP contribution in [0.25, 0.3) is 0 Å². The lowest BCUT2D eigenvalue weighted by atomic mass is 9.70. The summed E-state index contributed by atoms with van der Waals surface area (Å²) in [4.78, 5) is 12.8. The lowest BCUT2D eigenvalue weighted by Crippen LogP contribution is -2.74. The molecule has 3 saturated heterocycles. The number of amides is 1. The fraction of sp³-hybridized carbons (Fsp3) is 0.964. The van der Waals surface area contributed by atoms with Crippen molar-refractivity contribution in [2.75, 3.05) is 19.6 Å². The van der Waals surface area contributed by atoms with E-state index in [1.807, 2.05) is 0 Å². The summed E-state index contributed by atoms with van der Waals surface area (Å²) in [5.41, 5.74) is 34.4. The molecule has 5 fully saturated rings. The van der Waals surface area contributed by atoms with Crippen LogP contribution in [0, 0.1) is 5.92 Å². The second-order valence-electron chi connectivity index (χ2n) is 13.8. The number of carbonyl (C=O) groups is 1. The number of rotatable bonds is 11. The highest BCUT2D eigenvalue weighted by molar-refractivity contribution is 5.80. The molecule has 49 heavy (non-hydrogen) atoms. The van der Waals surface area contributed by atoms with Gasteiger partial charge in [-0.05, 0) is 19.4 Å². The summed E-state index contributed by atoms with van der Waals surface area (Å²) in [6.07, 6.45) is -20.9. The normalized spacial score (nSPS) is 52.2.